The smallest absolute Gasteiger partial charge is 0.414 e. The first-order chi connectivity index (χ1) is 16.0. The van der Waals surface area contributed by atoms with Crippen molar-refractivity contribution in [2.24, 2.45) is 0 Å². The second kappa shape index (κ2) is 10.4. The first-order valence-electron chi connectivity index (χ1n) is 10.7. The van der Waals surface area contributed by atoms with E-state index in [0.717, 1.165) is 11.3 Å². The molecule has 0 bridgehead atoms. The quantitative estimate of drug-likeness (QED) is 0.647. The number of amides is 2. The van der Waals surface area contributed by atoms with Crippen LogP contribution in [0.1, 0.15) is 5.56 Å². The van der Waals surface area contributed by atoms with E-state index in [2.05, 4.69) is 5.32 Å². The van der Waals surface area contributed by atoms with Crippen LogP contribution in [0.4, 0.5) is 20.6 Å². The Bertz CT molecular complexity index is 1020. The van der Waals surface area contributed by atoms with Crippen LogP contribution < -0.4 is 19.9 Å². The number of methoxy groups -OCH3 is 1. The molecule has 2 aromatic rings. The average molecular weight is 455 g/mol. The summed E-state index contributed by atoms with van der Waals surface area (Å²) >= 11 is 0. The van der Waals surface area contributed by atoms with Crippen LogP contribution in [0.25, 0.3) is 6.08 Å². The molecule has 33 heavy (non-hydrogen) atoms. The van der Waals surface area contributed by atoms with E-state index in [4.69, 9.17) is 14.2 Å². The summed E-state index contributed by atoms with van der Waals surface area (Å²) in [7, 11) is 1.59. The summed E-state index contributed by atoms with van der Waals surface area (Å²) in [5.41, 5.74) is 1.76. The minimum atomic E-state index is -0.568. The molecule has 0 spiro atoms. The van der Waals surface area contributed by atoms with E-state index in [1.165, 1.54) is 17.0 Å². The van der Waals surface area contributed by atoms with Crippen molar-refractivity contribution in [1.29, 1.82) is 0 Å². The Morgan fingerprint density at radius 2 is 1.97 bits per heavy atom. The van der Waals surface area contributed by atoms with Gasteiger partial charge in [0, 0.05) is 19.2 Å². The molecule has 2 fully saturated rings. The molecule has 1 N–H and O–H groups in total. The van der Waals surface area contributed by atoms with Crippen LogP contribution in [-0.4, -0.2) is 64.6 Å². The van der Waals surface area contributed by atoms with Gasteiger partial charge in [0.05, 0.1) is 44.8 Å². The molecular weight excluding hydrogens is 429 g/mol. The van der Waals surface area contributed by atoms with E-state index in [-0.39, 0.29) is 19.0 Å². The molecule has 2 aliphatic rings. The molecule has 9 heteroatoms. The summed E-state index contributed by atoms with van der Waals surface area (Å²) in [6.07, 6.45) is 2.00. The zero-order valence-electron chi connectivity index (χ0n) is 18.3. The molecule has 174 valence electrons. The van der Waals surface area contributed by atoms with Crippen molar-refractivity contribution in [3.63, 3.8) is 0 Å². The van der Waals surface area contributed by atoms with Gasteiger partial charge in [0.15, 0.2) is 0 Å². The Hall–Kier alpha value is -3.59. The molecule has 1 unspecified atom stereocenters. The SMILES string of the molecule is COc1ccc(C=CC(=O)NCC2CN(c3ccc(N4CCOCC4)c(F)c3)C(=O)O2)cc1. The molecule has 2 heterocycles. The maximum absolute atomic E-state index is 14.7. The summed E-state index contributed by atoms with van der Waals surface area (Å²) in [6.45, 7) is 2.73. The highest BCUT2D eigenvalue weighted by Gasteiger charge is 2.33. The van der Waals surface area contributed by atoms with Crippen molar-refractivity contribution >= 4 is 29.5 Å². The van der Waals surface area contributed by atoms with Gasteiger partial charge in [-0.05, 0) is 42.0 Å². The highest BCUT2D eigenvalue weighted by molar-refractivity contribution is 5.92. The lowest BCUT2D eigenvalue weighted by molar-refractivity contribution is -0.116. The number of carbonyl (C=O) groups is 2. The summed E-state index contributed by atoms with van der Waals surface area (Å²) in [5, 5.41) is 2.73. The van der Waals surface area contributed by atoms with Crippen LogP contribution in [0.15, 0.2) is 48.5 Å². The van der Waals surface area contributed by atoms with Gasteiger partial charge in [-0.3, -0.25) is 9.69 Å². The molecule has 0 aliphatic carbocycles. The number of cyclic esters (lactones) is 1. The Balaban J connectivity index is 1.30. The third-order valence-corrected chi connectivity index (χ3v) is 5.52. The van der Waals surface area contributed by atoms with Crippen molar-refractivity contribution in [3.8, 4) is 5.75 Å². The molecule has 2 aromatic carbocycles. The van der Waals surface area contributed by atoms with Crippen molar-refractivity contribution in [2.45, 2.75) is 6.10 Å². The summed E-state index contributed by atoms with van der Waals surface area (Å²) in [4.78, 5) is 27.7. The molecule has 0 aromatic heterocycles. The maximum Gasteiger partial charge on any atom is 0.414 e. The maximum atomic E-state index is 14.7. The topological polar surface area (TPSA) is 80.3 Å². The van der Waals surface area contributed by atoms with Crippen LogP contribution in [0, 0.1) is 5.82 Å². The highest BCUT2D eigenvalue weighted by Crippen LogP contribution is 2.28. The third kappa shape index (κ3) is 5.61. The Labute approximate surface area is 191 Å². The fourth-order valence-electron chi connectivity index (χ4n) is 3.72. The summed E-state index contributed by atoms with van der Waals surface area (Å²) in [6, 6.07) is 12.0. The fraction of sp³-hybridized carbons (Fsp3) is 0.333. The van der Waals surface area contributed by atoms with Crippen LogP contribution in [-0.2, 0) is 14.3 Å². The third-order valence-electron chi connectivity index (χ3n) is 5.52. The predicted octanol–water partition coefficient (Wildman–Crippen LogP) is 2.83. The molecule has 2 aliphatic heterocycles. The Morgan fingerprint density at radius 3 is 2.67 bits per heavy atom. The number of hydrogen-bond acceptors (Lipinski definition) is 6. The normalized spacial score (nSPS) is 18.5. The van der Waals surface area contributed by atoms with Crippen molar-refractivity contribution in [2.75, 3.05) is 56.3 Å². The van der Waals surface area contributed by atoms with E-state index < -0.39 is 18.0 Å². The lowest BCUT2D eigenvalue weighted by Gasteiger charge is -2.29. The van der Waals surface area contributed by atoms with Gasteiger partial charge in [-0.25, -0.2) is 9.18 Å². The Kier molecular flexibility index (Phi) is 7.09. The lowest BCUT2D eigenvalue weighted by Crippen LogP contribution is -2.36. The molecule has 4 rings (SSSR count). The molecule has 2 saturated heterocycles. The number of nitrogens with zero attached hydrogens (tertiary/aromatic N) is 2. The van der Waals surface area contributed by atoms with Gasteiger partial charge in [0.25, 0.3) is 0 Å². The number of halogens is 1. The van der Waals surface area contributed by atoms with Gasteiger partial charge in [-0.2, -0.15) is 0 Å². The second-order valence-electron chi connectivity index (χ2n) is 7.70. The Morgan fingerprint density at radius 1 is 1.21 bits per heavy atom. The number of carbonyl (C=O) groups excluding carboxylic acids is 2. The monoisotopic (exact) mass is 455 g/mol. The number of morpholine rings is 1. The number of anilines is 2. The van der Waals surface area contributed by atoms with Gasteiger partial charge in [0.2, 0.25) is 5.91 Å². The largest absolute Gasteiger partial charge is 0.497 e. The first-order valence-corrected chi connectivity index (χ1v) is 10.7. The van der Waals surface area contributed by atoms with Crippen molar-refractivity contribution in [3.05, 3.63) is 59.9 Å². The van der Waals surface area contributed by atoms with E-state index in [1.54, 1.807) is 37.5 Å². The van der Waals surface area contributed by atoms with Crippen molar-refractivity contribution in [1.82, 2.24) is 5.32 Å². The molecule has 2 amide bonds. The van der Waals surface area contributed by atoms with Crippen molar-refractivity contribution < 1.29 is 28.2 Å². The molecule has 1 atom stereocenters. The number of ether oxygens (including phenoxy) is 3. The molecule has 0 saturated carbocycles. The van der Waals surface area contributed by atoms with Gasteiger partial charge >= 0.3 is 6.09 Å². The van der Waals surface area contributed by atoms with Gasteiger partial charge in [-0.15, -0.1) is 0 Å². The number of rotatable bonds is 7. The van der Waals surface area contributed by atoms with Crippen LogP contribution in [0.5, 0.6) is 5.75 Å². The van der Waals surface area contributed by atoms with Gasteiger partial charge < -0.3 is 24.4 Å². The minimum absolute atomic E-state index is 0.155. The summed E-state index contributed by atoms with van der Waals surface area (Å²) in [5.74, 6) is 0.0312. The number of benzene rings is 2. The van der Waals surface area contributed by atoms with Crippen LogP contribution in [0.2, 0.25) is 0 Å². The zero-order valence-corrected chi connectivity index (χ0v) is 18.3. The van der Waals surface area contributed by atoms with Gasteiger partial charge in [-0.1, -0.05) is 12.1 Å². The van der Waals surface area contributed by atoms with Crippen LogP contribution >= 0.6 is 0 Å². The van der Waals surface area contributed by atoms with E-state index >= 15 is 0 Å². The molecule has 8 nitrogen and oxygen atoms in total. The fourth-order valence-corrected chi connectivity index (χ4v) is 3.72. The number of hydrogen-bond donors (Lipinski definition) is 1. The van der Waals surface area contributed by atoms with Gasteiger partial charge in [0.1, 0.15) is 17.7 Å². The second-order valence-corrected chi connectivity index (χ2v) is 7.70. The standard InChI is InChI=1S/C24H26FN3O5/c1-31-19-6-2-17(3-7-19)4-9-23(29)26-15-20-16-28(24(30)33-20)18-5-8-22(21(25)14-18)27-10-12-32-13-11-27/h2-9,14,20H,10-13,15-16H2,1H3,(H,26,29). The average Bonchev–Trinajstić information content (AvgIpc) is 3.22. The predicted molar refractivity (Wildman–Crippen MR) is 122 cm³/mol. The summed E-state index contributed by atoms with van der Waals surface area (Å²) < 4.78 is 30.4. The lowest BCUT2D eigenvalue weighted by atomic mass is 10.2. The van der Waals surface area contributed by atoms with E-state index in [1.807, 2.05) is 17.0 Å². The zero-order chi connectivity index (χ0) is 23.2. The van der Waals surface area contributed by atoms with E-state index in [9.17, 15) is 14.0 Å². The number of nitrogens with one attached hydrogen (secondary N) is 1. The highest BCUT2D eigenvalue weighted by atomic mass is 19.1. The van der Waals surface area contributed by atoms with E-state index in [0.29, 0.717) is 37.7 Å². The molecule has 0 radical (unpaired) electrons. The minimum Gasteiger partial charge on any atom is -0.497 e. The first kappa shape index (κ1) is 22.6. The van der Waals surface area contributed by atoms with Crippen LogP contribution in [0.3, 0.4) is 0 Å². The molecular formula is C24H26FN3O5.